The van der Waals surface area contributed by atoms with Gasteiger partial charge in [-0.3, -0.25) is 15.0 Å². The molecule has 4 N–H and O–H groups in total. The zero-order chi connectivity index (χ0) is 25.8. The minimum atomic E-state index is -1.05. The van der Waals surface area contributed by atoms with Crippen LogP contribution < -0.4 is 21.2 Å². The van der Waals surface area contributed by atoms with E-state index < -0.39 is 35.9 Å². The van der Waals surface area contributed by atoms with Crippen LogP contribution in [0.2, 0.25) is 0 Å². The van der Waals surface area contributed by atoms with E-state index in [1.165, 1.54) is 12.1 Å². The van der Waals surface area contributed by atoms with Gasteiger partial charge in [0.1, 0.15) is 24.2 Å². The van der Waals surface area contributed by atoms with Crippen molar-refractivity contribution in [3.8, 4) is 5.75 Å². The van der Waals surface area contributed by atoms with Crippen molar-refractivity contribution in [2.24, 2.45) is 11.7 Å². The largest absolute Gasteiger partial charge is 0.445 e. The summed E-state index contributed by atoms with van der Waals surface area (Å²) in [5, 5.41) is 3.26. The molecule has 0 fully saturated rings. The Morgan fingerprint density at radius 2 is 1.67 bits per heavy atom. The number of carbonyl (C=O) groups is 4. The van der Waals surface area contributed by atoms with Crippen molar-refractivity contribution < 1.29 is 33.0 Å². The van der Waals surface area contributed by atoms with Gasteiger partial charge >= 0.3 is 12.2 Å². The number of hydrogen-bond donors (Lipinski definition) is 3. The summed E-state index contributed by atoms with van der Waals surface area (Å²) in [6, 6.07) is 12.6. The number of hydrogen-bond acceptors (Lipinski definition) is 6. The van der Waals surface area contributed by atoms with Gasteiger partial charge in [-0.2, -0.15) is 13.5 Å². The Morgan fingerprint density at radius 1 is 1.03 bits per heavy atom. The fraction of sp³-hybridized carbons (Fsp3) is 0.333. The van der Waals surface area contributed by atoms with Crippen LogP contribution in [-0.4, -0.2) is 41.6 Å². The summed E-state index contributed by atoms with van der Waals surface area (Å²) in [6.07, 6.45) is -1.86. The molecule has 0 aliphatic heterocycles. The molecule has 0 unspecified atom stereocenters. The number of primary amides is 1. The van der Waals surface area contributed by atoms with Crippen LogP contribution in [-0.2, 0) is 20.9 Å². The minimum Gasteiger partial charge on any atom is -0.445 e. The van der Waals surface area contributed by atoms with Gasteiger partial charge in [-0.25, -0.2) is 19.0 Å². The zero-order valence-corrected chi connectivity index (χ0v) is 21.0. The SMILES string of the molecule is CC(C)C[C@H](NC(=O)OCc1ccccc1)C(=O)NN(CCC(N)=O)C(=O)Oc1ccc(F)cc1.S. The first-order chi connectivity index (χ1) is 16.6. The molecule has 0 aliphatic carbocycles. The number of ether oxygens (including phenoxy) is 2. The van der Waals surface area contributed by atoms with Crippen LogP contribution in [0.4, 0.5) is 14.0 Å². The lowest BCUT2D eigenvalue weighted by atomic mass is 10.0. The van der Waals surface area contributed by atoms with Gasteiger partial charge in [-0.1, -0.05) is 44.2 Å². The first-order valence-electron chi connectivity index (χ1n) is 10.9. The van der Waals surface area contributed by atoms with Crippen LogP contribution in [0, 0.1) is 11.7 Å². The third-order valence-corrected chi connectivity index (χ3v) is 4.59. The number of nitrogens with two attached hydrogens (primary N) is 1. The van der Waals surface area contributed by atoms with Crippen molar-refractivity contribution in [3.05, 3.63) is 66.0 Å². The third-order valence-electron chi connectivity index (χ3n) is 4.59. The Morgan fingerprint density at radius 3 is 2.25 bits per heavy atom. The van der Waals surface area contributed by atoms with Gasteiger partial charge in [-0.05, 0) is 42.2 Å². The van der Waals surface area contributed by atoms with Crippen molar-refractivity contribution in [2.45, 2.75) is 39.3 Å². The van der Waals surface area contributed by atoms with Gasteiger partial charge in [-0.15, -0.1) is 0 Å². The molecule has 0 aliphatic rings. The lowest BCUT2D eigenvalue weighted by Crippen LogP contribution is -2.55. The Hall–Kier alpha value is -3.80. The van der Waals surface area contributed by atoms with Crippen LogP contribution in [0.1, 0.15) is 32.3 Å². The van der Waals surface area contributed by atoms with Gasteiger partial charge in [0.15, 0.2) is 0 Å². The van der Waals surface area contributed by atoms with Crippen molar-refractivity contribution >= 4 is 37.5 Å². The van der Waals surface area contributed by atoms with E-state index >= 15 is 0 Å². The van der Waals surface area contributed by atoms with E-state index in [1.54, 1.807) is 24.3 Å². The lowest BCUT2D eigenvalue weighted by Gasteiger charge is -2.26. The Kier molecular flexibility index (Phi) is 12.8. The van der Waals surface area contributed by atoms with E-state index in [0.29, 0.717) is 0 Å². The third kappa shape index (κ3) is 11.1. The van der Waals surface area contributed by atoms with Gasteiger partial charge < -0.3 is 20.5 Å². The van der Waals surface area contributed by atoms with E-state index in [1.807, 2.05) is 19.9 Å². The Balaban J connectivity index is 0.00000648. The molecule has 36 heavy (non-hydrogen) atoms. The molecule has 2 aromatic carbocycles. The van der Waals surface area contributed by atoms with Gasteiger partial charge in [0, 0.05) is 6.42 Å². The molecule has 0 bridgehead atoms. The standard InChI is InChI=1S/C24H29FN4O6.H2S/c1-16(2)14-20(27-23(32)34-15-17-6-4-3-5-7-17)22(31)28-29(13-12-21(26)30)24(33)35-19-10-8-18(25)9-11-19;/h3-11,16,20H,12-15H2,1-2H3,(H2,26,30)(H,27,32)(H,28,31);1H2/t20-;/m0./s1. The summed E-state index contributed by atoms with van der Waals surface area (Å²) in [4.78, 5) is 49.1. The monoisotopic (exact) mass is 522 g/mol. The van der Waals surface area contributed by atoms with Crippen molar-refractivity contribution in [1.82, 2.24) is 15.8 Å². The average molecular weight is 523 g/mol. The van der Waals surface area contributed by atoms with E-state index in [-0.39, 0.29) is 51.2 Å². The highest BCUT2D eigenvalue weighted by Crippen LogP contribution is 2.13. The molecule has 0 saturated heterocycles. The number of hydrazine groups is 1. The minimum absolute atomic E-state index is 0. The predicted octanol–water partition coefficient (Wildman–Crippen LogP) is 2.99. The second-order valence-corrected chi connectivity index (χ2v) is 8.05. The van der Waals surface area contributed by atoms with Gasteiger partial charge in [0.05, 0.1) is 6.54 Å². The average Bonchev–Trinajstić information content (AvgIpc) is 2.81. The van der Waals surface area contributed by atoms with Crippen LogP contribution in [0.3, 0.4) is 0 Å². The molecule has 0 radical (unpaired) electrons. The molecular formula is C24H31FN4O6S. The summed E-state index contributed by atoms with van der Waals surface area (Å²) in [6.45, 7) is 3.43. The van der Waals surface area contributed by atoms with Crippen molar-refractivity contribution in [2.75, 3.05) is 6.54 Å². The molecule has 0 saturated carbocycles. The molecule has 0 aromatic heterocycles. The fourth-order valence-corrected chi connectivity index (χ4v) is 2.89. The van der Waals surface area contributed by atoms with E-state index in [0.717, 1.165) is 22.7 Å². The van der Waals surface area contributed by atoms with Crippen LogP contribution in [0.5, 0.6) is 5.75 Å². The number of amides is 4. The highest BCUT2D eigenvalue weighted by Gasteiger charge is 2.27. The van der Waals surface area contributed by atoms with Crippen LogP contribution in [0.15, 0.2) is 54.6 Å². The smallest absolute Gasteiger partial charge is 0.434 e. The number of nitrogens with zero attached hydrogens (tertiary/aromatic N) is 1. The highest BCUT2D eigenvalue weighted by atomic mass is 32.1. The van der Waals surface area contributed by atoms with Gasteiger partial charge in [0.2, 0.25) is 5.91 Å². The summed E-state index contributed by atoms with van der Waals surface area (Å²) in [5.41, 5.74) is 8.30. The molecule has 4 amide bonds. The normalized spacial score (nSPS) is 11.0. The number of alkyl carbamates (subject to hydrolysis) is 1. The van der Waals surface area contributed by atoms with Crippen LogP contribution >= 0.6 is 13.5 Å². The number of rotatable bonds is 10. The molecule has 1 atom stereocenters. The van der Waals surface area contributed by atoms with Crippen molar-refractivity contribution in [1.29, 1.82) is 0 Å². The summed E-state index contributed by atoms with van der Waals surface area (Å²) in [7, 11) is 0. The second kappa shape index (κ2) is 15.2. The molecule has 12 heteroatoms. The van der Waals surface area contributed by atoms with E-state index in [9.17, 15) is 23.6 Å². The number of nitrogens with one attached hydrogen (secondary N) is 2. The summed E-state index contributed by atoms with van der Waals surface area (Å²) < 4.78 is 23.4. The summed E-state index contributed by atoms with van der Waals surface area (Å²) in [5.74, 6) is -1.93. The topological polar surface area (TPSA) is 140 Å². The molecule has 0 spiro atoms. The Bertz CT molecular complexity index is 1010. The second-order valence-electron chi connectivity index (χ2n) is 8.05. The van der Waals surface area contributed by atoms with E-state index in [2.05, 4.69) is 10.7 Å². The quantitative estimate of drug-likeness (QED) is 0.410. The molecule has 2 rings (SSSR count). The number of carbonyl (C=O) groups excluding carboxylic acids is 4. The molecular weight excluding hydrogens is 491 g/mol. The zero-order valence-electron chi connectivity index (χ0n) is 20.0. The fourth-order valence-electron chi connectivity index (χ4n) is 2.89. The predicted molar refractivity (Wildman–Crippen MR) is 134 cm³/mol. The van der Waals surface area contributed by atoms with Crippen LogP contribution in [0.25, 0.3) is 0 Å². The lowest BCUT2D eigenvalue weighted by molar-refractivity contribution is -0.128. The molecule has 0 heterocycles. The maximum Gasteiger partial charge on any atom is 0.434 e. The van der Waals surface area contributed by atoms with E-state index in [4.69, 9.17) is 15.2 Å². The van der Waals surface area contributed by atoms with Gasteiger partial charge in [0.25, 0.3) is 5.91 Å². The number of benzene rings is 2. The first kappa shape index (κ1) is 30.2. The molecule has 196 valence electrons. The number of halogens is 1. The highest BCUT2D eigenvalue weighted by molar-refractivity contribution is 7.59. The molecule has 10 nitrogen and oxygen atoms in total. The maximum absolute atomic E-state index is 13.1. The molecule has 2 aromatic rings. The Labute approximate surface area is 215 Å². The van der Waals surface area contributed by atoms with Crippen molar-refractivity contribution in [3.63, 3.8) is 0 Å². The maximum atomic E-state index is 13.1. The first-order valence-corrected chi connectivity index (χ1v) is 10.9. The summed E-state index contributed by atoms with van der Waals surface area (Å²) >= 11 is 0.